The van der Waals surface area contributed by atoms with Crippen LogP contribution in [0.15, 0.2) is 11.8 Å². The molecule has 0 aromatic carbocycles. The highest BCUT2D eigenvalue weighted by Crippen LogP contribution is 2.31. The van der Waals surface area contributed by atoms with Crippen molar-refractivity contribution in [2.45, 2.75) is 31.7 Å². The van der Waals surface area contributed by atoms with Crippen LogP contribution in [0.2, 0.25) is 0 Å². The Bertz CT molecular complexity index is 283. The molecule has 84 valence electrons. The molecule has 2 fully saturated rings. The fourth-order valence-corrected chi connectivity index (χ4v) is 2.66. The van der Waals surface area contributed by atoms with E-state index in [0.717, 1.165) is 25.0 Å². The van der Waals surface area contributed by atoms with Crippen molar-refractivity contribution in [3.63, 3.8) is 0 Å². The Morgan fingerprint density at radius 2 is 2.20 bits per heavy atom. The van der Waals surface area contributed by atoms with E-state index >= 15 is 0 Å². The third-order valence-electron chi connectivity index (χ3n) is 3.39. The van der Waals surface area contributed by atoms with Gasteiger partial charge in [-0.05, 0) is 31.7 Å². The molecule has 2 rings (SSSR count). The van der Waals surface area contributed by atoms with Gasteiger partial charge in [0, 0.05) is 38.3 Å². The second-order valence-corrected chi connectivity index (χ2v) is 4.91. The van der Waals surface area contributed by atoms with Crippen LogP contribution in [0.25, 0.3) is 0 Å². The average Bonchev–Trinajstić information content (AvgIpc) is 2.18. The van der Waals surface area contributed by atoms with Crippen molar-refractivity contribution >= 4 is 5.78 Å². The van der Waals surface area contributed by atoms with Crippen LogP contribution < -0.4 is 5.32 Å². The maximum atomic E-state index is 11.9. The Kier molecular flexibility index (Phi) is 3.10. The van der Waals surface area contributed by atoms with E-state index in [1.807, 2.05) is 25.2 Å². The number of carbonyl (C=O) groups excluding carboxylic acids is 1. The summed E-state index contributed by atoms with van der Waals surface area (Å²) in [5.74, 6) is 0.944. The standard InChI is InChI=1S/C12H20N2O/c1-14(2)8-10-6-11-9(7-12(10)15)4-3-5-13-11/h8-9,11,13H,3-7H2,1-2H3. The largest absolute Gasteiger partial charge is 0.383 e. The molecular weight excluding hydrogens is 188 g/mol. The fourth-order valence-electron chi connectivity index (χ4n) is 2.66. The number of nitrogens with one attached hydrogen (secondary N) is 1. The Morgan fingerprint density at radius 1 is 1.40 bits per heavy atom. The zero-order chi connectivity index (χ0) is 10.8. The zero-order valence-electron chi connectivity index (χ0n) is 9.62. The predicted molar refractivity (Wildman–Crippen MR) is 60.5 cm³/mol. The van der Waals surface area contributed by atoms with Crippen molar-refractivity contribution in [1.29, 1.82) is 0 Å². The van der Waals surface area contributed by atoms with Gasteiger partial charge in [-0.1, -0.05) is 0 Å². The van der Waals surface area contributed by atoms with E-state index < -0.39 is 0 Å². The molecule has 3 nitrogen and oxygen atoms in total. The maximum Gasteiger partial charge on any atom is 0.160 e. The highest BCUT2D eigenvalue weighted by molar-refractivity contribution is 5.96. The van der Waals surface area contributed by atoms with E-state index in [1.165, 1.54) is 12.8 Å². The minimum atomic E-state index is 0.355. The van der Waals surface area contributed by atoms with Gasteiger partial charge in [-0.15, -0.1) is 0 Å². The molecule has 1 N–H and O–H groups in total. The van der Waals surface area contributed by atoms with E-state index in [1.54, 1.807) is 0 Å². The van der Waals surface area contributed by atoms with E-state index in [4.69, 9.17) is 0 Å². The Balaban J connectivity index is 2.08. The SMILES string of the molecule is CN(C)C=C1CC2NCCCC2CC1=O. The molecule has 1 heterocycles. The van der Waals surface area contributed by atoms with E-state index in [0.29, 0.717) is 17.7 Å². The van der Waals surface area contributed by atoms with Crippen LogP contribution in [0.3, 0.4) is 0 Å². The summed E-state index contributed by atoms with van der Waals surface area (Å²) in [4.78, 5) is 13.8. The van der Waals surface area contributed by atoms with Gasteiger partial charge in [0.15, 0.2) is 5.78 Å². The van der Waals surface area contributed by atoms with Crippen molar-refractivity contribution in [1.82, 2.24) is 10.2 Å². The minimum absolute atomic E-state index is 0.355. The van der Waals surface area contributed by atoms with E-state index in [-0.39, 0.29) is 0 Å². The van der Waals surface area contributed by atoms with Gasteiger partial charge in [0.05, 0.1) is 0 Å². The predicted octanol–water partition coefficient (Wildman–Crippen LogP) is 1.16. The number of hydrogen-bond acceptors (Lipinski definition) is 3. The number of carbonyl (C=O) groups is 1. The number of nitrogens with zero attached hydrogens (tertiary/aromatic N) is 1. The van der Waals surface area contributed by atoms with Crippen molar-refractivity contribution < 1.29 is 4.79 Å². The lowest BCUT2D eigenvalue weighted by atomic mass is 9.77. The Morgan fingerprint density at radius 3 is 2.93 bits per heavy atom. The number of hydrogen-bond donors (Lipinski definition) is 1. The van der Waals surface area contributed by atoms with Gasteiger partial charge in [0.2, 0.25) is 0 Å². The smallest absolute Gasteiger partial charge is 0.160 e. The quantitative estimate of drug-likeness (QED) is 0.656. The van der Waals surface area contributed by atoms with Crippen LogP contribution in [-0.4, -0.2) is 37.4 Å². The van der Waals surface area contributed by atoms with Crippen LogP contribution in [0.5, 0.6) is 0 Å². The molecule has 1 aliphatic carbocycles. The van der Waals surface area contributed by atoms with Gasteiger partial charge in [0.1, 0.15) is 0 Å². The number of piperidine rings is 1. The lowest BCUT2D eigenvalue weighted by Gasteiger charge is -2.36. The Hall–Kier alpha value is -0.830. The summed E-state index contributed by atoms with van der Waals surface area (Å²) in [6, 6.07) is 0.544. The first kappa shape index (κ1) is 10.7. The number of Topliss-reactive ketones (excluding diaryl/α,β-unsaturated/α-hetero) is 1. The molecule has 0 aromatic rings. The van der Waals surface area contributed by atoms with Crippen molar-refractivity contribution in [3.8, 4) is 0 Å². The molecule has 0 bridgehead atoms. The summed E-state index contributed by atoms with van der Waals surface area (Å²) in [5.41, 5.74) is 0.996. The molecule has 0 amide bonds. The van der Waals surface area contributed by atoms with E-state index in [2.05, 4.69) is 5.32 Å². The van der Waals surface area contributed by atoms with Crippen LogP contribution in [0, 0.1) is 5.92 Å². The minimum Gasteiger partial charge on any atom is -0.383 e. The first-order chi connectivity index (χ1) is 7.16. The van der Waals surface area contributed by atoms with Crippen molar-refractivity contribution in [2.75, 3.05) is 20.6 Å². The topological polar surface area (TPSA) is 32.3 Å². The molecule has 0 radical (unpaired) electrons. The summed E-state index contributed by atoms with van der Waals surface area (Å²) < 4.78 is 0. The molecule has 2 unspecified atom stereocenters. The lowest BCUT2D eigenvalue weighted by Crippen LogP contribution is -2.45. The van der Waals surface area contributed by atoms with Crippen molar-refractivity contribution in [3.05, 3.63) is 11.8 Å². The van der Waals surface area contributed by atoms with Gasteiger partial charge < -0.3 is 10.2 Å². The molecule has 1 saturated carbocycles. The summed E-state index contributed by atoms with van der Waals surface area (Å²) in [7, 11) is 3.95. The number of ketones is 1. The highest BCUT2D eigenvalue weighted by Gasteiger charge is 2.33. The van der Waals surface area contributed by atoms with Crippen LogP contribution >= 0.6 is 0 Å². The Labute approximate surface area is 91.5 Å². The third-order valence-corrected chi connectivity index (χ3v) is 3.39. The average molecular weight is 208 g/mol. The molecule has 1 saturated heterocycles. The van der Waals surface area contributed by atoms with Crippen LogP contribution in [0.4, 0.5) is 0 Å². The normalized spacial score (nSPS) is 34.0. The van der Waals surface area contributed by atoms with Gasteiger partial charge in [-0.2, -0.15) is 0 Å². The molecule has 2 atom stereocenters. The molecule has 0 aromatic heterocycles. The van der Waals surface area contributed by atoms with Crippen molar-refractivity contribution in [2.24, 2.45) is 5.92 Å². The highest BCUT2D eigenvalue weighted by atomic mass is 16.1. The number of rotatable bonds is 1. The molecule has 2 aliphatic rings. The number of fused-ring (bicyclic) bond motifs is 1. The fraction of sp³-hybridized carbons (Fsp3) is 0.750. The second kappa shape index (κ2) is 4.35. The van der Waals surface area contributed by atoms with E-state index in [9.17, 15) is 4.79 Å². The summed E-state index contributed by atoms with van der Waals surface area (Å²) in [6.07, 6.45) is 6.09. The molecule has 0 spiro atoms. The van der Waals surface area contributed by atoms with Gasteiger partial charge in [-0.3, -0.25) is 4.79 Å². The monoisotopic (exact) mass is 208 g/mol. The van der Waals surface area contributed by atoms with Gasteiger partial charge >= 0.3 is 0 Å². The zero-order valence-corrected chi connectivity index (χ0v) is 9.62. The van der Waals surface area contributed by atoms with Gasteiger partial charge in [-0.25, -0.2) is 0 Å². The molecule has 1 aliphatic heterocycles. The van der Waals surface area contributed by atoms with Crippen LogP contribution in [-0.2, 0) is 4.79 Å². The van der Waals surface area contributed by atoms with Crippen LogP contribution in [0.1, 0.15) is 25.7 Å². The summed E-state index contributed by atoms with van der Waals surface area (Å²) in [5, 5.41) is 3.53. The maximum absolute atomic E-state index is 11.9. The van der Waals surface area contributed by atoms with Gasteiger partial charge in [0.25, 0.3) is 0 Å². The molecule has 15 heavy (non-hydrogen) atoms. The summed E-state index contributed by atoms with van der Waals surface area (Å²) >= 11 is 0. The third kappa shape index (κ3) is 2.40. The summed E-state index contributed by atoms with van der Waals surface area (Å²) in [6.45, 7) is 1.12. The second-order valence-electron chi connectivity index (χ2n) is 4.91. The first-order valence-corrected chi connectivity index (χ1v) is 5.80. The molecular formula is C12H20N2O. The lowest BCUT2D eigenvalue weighted by molar-refractivity contribution is -0.118. The molecule has 3 heteroatoms. The first-order valence-electron chi connectivity index (χ1n) is 5.80.